The number of carbonyl (C=O) groups excluding carboxylic acids is 2. The van der Waals surface area contributed by atoms with Crippen molar-refractivity contribution in [3.63, 3.8) is 0 Å². The molecule has 0 aliphatic carbocycles. The van der Waals surface area contributed by atoms with Crippen LogP contribution in [-0.4, -0.2) is 23.0 Å². The van der Waals surface area contributed by atoms with Gasteiger partial charge in [0.15, 0.2) is 11.4 Å². The van der Waals surface area contributed by atoms with E-state index in [1.54, 1.807) is 27.7 Å². The minimum absolute atomic E-state index is 0.369. The molecule has 5 nitrogen and oxygen atoms in total. The van der Waals surface area contributed by atoms with Crippen LogP contribution >= 0.6 is 11.3 Å². The normalized spacial score (nSPS) is 11.0. The van der Waals surface area contributed by atoms with Gasteiger partial charge in [0.1, 0.15) is 5.60 Å². The van der Waals surface area contributed by atoms with Crippen molar-refractivity contribution < 1.29 is 14.3 Å². The zero-order valence-corrected chi connectivity index (χ0v) is 10.5. The Morgan fingerprint density at radius 2 is 2.12 bits per heavy atom. The molecule has 1 heterocycles. The molecule has 0 atom stereocenters. The minimum atomic E-state index is -0.571. The summed E-state index contributed by atoms with van der Waals surface area (Å²) in [4.78, 5) is 26.5. The van der Waals surface area contributed by atoms with Gasteiger partial charge in [0.2, 0.25) is 0 Å². The predicted molar refractivity (Wildman–Crippen MR) is 62.1 cm³/mol. The molecule has 1 amide bonds. The predicted octanol–water partition coefficient (Wildman–Crippen LogP) is 2.61. The highest BCUT2D eigenvalue weighted by molar-refractivity contribution is 7.17. The van der Waals surface area contributed by atoms with Crippen LogP contribution in [0.3, 0.4) is 0 Å². The summed E-state index contributed by atoms with van der Waals surface area (Å²) in [6.45, 7) is 7.03. The van der Waals surface area contributed by atoms with Crippen molar-refractivity contribution in [2.75, 3.05) is 5.32 Å². The maximum atomic E-state index is 11.4. The van der Waals surface area contributed by atoms with E-state index in [4.69, 9.17) is 4.74 Å². The van der Waals surface area contributed by atoms with Crippen molar-refractivity contribution in [1.82, 2.24) is 4.98 Å². The van der Waals surface area contributed by atoms with E-state index in [1.165, 1.54) is 0 Å². The molecule has 0 aliphatic heterocycles. The van der Waals surface area contributed by atoms with Gasteiger partial charge in [-0.3, -0.25) is 10.1 Å². The Hall–Kier alpha value is -1.43. The summed E-state index contributed by atoms with van der Waals surface area (Å²) in [5, 5.41) is 2.85. The molecule has 0 radical (unpaired) electrons. The summed E-state index contributed by atoms with van der Waals surface area (Å²) in [6, 6.07) is 0. The van der Waals surface area contributed by atoms with E-state index < -0.39 is 11.7 Å². The molecular formula is C10H14N2O3S. The number of thiazole rings is 1. The van der Waals surface area contributed by atoms with Crippen LogP contribution in [0, 0.1) is 6.92 Å². The van der Waals surface area contributed by atoms with Crippen molar-refractivity contribution >= 4 is 28.8 Å². The number of carbonyl (C=O) groups is 2. The Bertz CT molecular complexity index is 407. The molecule has 0 saturated heterocycles. The van der Waals surface area contributed by atoms with Crippen LogP contribution in [0.25, 0.3) is 0 Å². The molecule has 16 heavy (non-hydrogen) atoms. The molecule has 0 aliphatic rings. The molecule has 6 heteroatoms. The smallest absolute Gasteiger partial charge is 0.413 e. The van der Waals surface area contributed by atoms with Crippen LogP contribution in [0.15, 0.2) is 0 Å². The number of nitrogens with zero attached hydrogens (tertiary/aromatic N) is 1. The first-order chi connectivity index (χ1) is 7.31. The lowest BCUT2D eigenvalue weighted by Crippen LogP contribution is -2.27. The van der Waals surface area contributed by atoms with E-state index >= 15 is 0 Å². The summed E-state index contributed by atoms with van der Waals surface area (Å²) in [5.74, 6) is 0. The average Bonchev–Trinajstić information content (AvgIpc) is 2.42. The van der Waals surface area contributed by atoms with Gasteiger partial charge in [-0.1, -0.05) is 11.3 Å². The van der Waals surface area contributed by atoms with Gasteiger partial charge >= 0.3 is 6.09 Å². The molecule has 0 aromatic carbocycles. The van der Waals surface area contributed by atoms with E-state index in [0.717, 1.165) is 11.3 Å². The van der Waals surface area contributed by atoms with Crippen molar-refractivity contribution in [2.45, 2.75) is 33.3 Å². The lowest BCUT2D eigenvalue weighted by Gasteiger charge is -2.18. The van der Waals surface area contributed by atoms with Gasteiger partial charge in [0.05, 0.1) is 10.6 Å². The number of hydrogen-bond acceptors (Lipinski definition) is 5. The van der Waals surface area contributed by atoms with Gasteiger partial charge in [-0.05, 0) is 27.7 Å². The number of ether oxygens (including phenoxy) is 1. The molecule has 88 valence electrons. The zero-order valence-electron chi connectivity index (χ0n) is 9.66. The van der Waals surface area contributed by atoms with E-state index in [9.17, 15) is 9.59 Å². The van der Waals surface area contributed by atoms with E-state index in [-0.39, 0.29) is 0 Å². The van der Waals surface area contributed by atoms with Crippen molar-refractivity contribution in [2.24, 2.45) is 0 Å². The third-order valence-electron chi connectivity index (χ3n) is 1.55. The van der Waals surface area contributed by atoms with Gasteiger partial charge in [0, 0.05) is 0 Å². The van der Waals surface area contributed by atoms with E-state index in [1.807, 2.05) is 0 Å². The molecule has 1 N–H and O–H groups in total. The minimum Gasteiger partial charge on any atom is -0.444 e. The molecular weight excluding hydrogens is 228 g/mol. The highest BCUT2D eigenvalue weighted by Gasteiger charge is 2.17. The Morgan fingerprint density at radius 1 is 1.50 bits per heavy atom. The van der Waals surface area contributed by atoms with Gasteiger partial charge in [0.25, 0.3) is 0 Å². The SMILES string of the molecule is Cc1nc(NC(=O)OC(C)(C)C)sc1C=O. The molecule has 0 bridgehead atoms. The van der Waals surface area contributed by atoms with Crippen LogP contribution in [0.4, 0.5) is 9.93 Å². The van der Waals surface area contributed by atoms with Crippen molar-refractivity contribution in [3.05, 3.63) is 10.6 Å². The number of rotatable bonds is 2. The third kappa shape index (κ3) is 3.62. The van der Waals surface area contributed by atoms with Gasteiger partial charge in [-0.15, -0.1) is 0 Å². The number of anilines is 1. The Kier molecular flexibility index (Phi) is 3.64. The number of aromatic nitrogens is 1. The second-order valence-corrected chi connectivity index (χ2v) is 5.24. The molecule has 1 aromatic rings. The number of hydrogen-bond donors (Lipinski definition) is 1. The highest BCUT2D eigenvalue weighted by atomic mass is 32.1. The summed E-state index contributed by atoms with van der Waals surface area (Å²) in [6.07, 6.45) is 0.145. The van der Waals surface area contributed by atoms with Crippen LogP contribution in [-0.2, 0) is 4.74 Å². The number of nitrogens with one attached hydrogen (secondary N) is 1. The molecule has 1 rings (SSSR count). The van der Waals surface area contributed by atoms with E-state index in [0.29, 0.717) is 22.0 Å². The summed E-state index contributed by atoms with van der Waals surface area (Å²) < 4.78 is 5.05. The average molecular weight is 242 g/mol. The quantitative estimate of drug-likeness (QED) is 0.809. The third-order valence-corrected chi connectivity index (χ3v) is 2.55. The Labute approximate surface area is 97.8 Å². The van der Waals surface area contributed by atoms with Crippen molar-refractivity contribution in [1.29, 1.82) is 0 Å². The van der Waals surface area contributed by atoms with Gasteiger partial charge < -0.3 is 4.74 Å². The highest BCUT2D eigenvalue weighted by Crippen LogP contribution is 2.21. The molecule has 0 spiro atoms. The fourth-order valence-corrected chi connectivity index (χ4v) is 1.73. The second kappa shape index (κ2) is 4.61. The van der Waals surface area contributed by atoms with Crippen LogP contribution in [0.1, 0.15) is 36.1 Å². The lowest BCUT2D eigenvalue weighted by atomic mass is 10.2. The monoisotopic (exact) mass is 242 g/mol. The fraction of sp³-hybridized carbons (Fsp3) is 0.500. The molecule has 0 saturated carbocycles. The first-order valence-electron chi connectivity index (χ1n) is 4.74. The van der Waals surface area contributed by atoms with Crippen molar-refractivity contribution in [3.8, 4) is 0 Å². The molecule has 0 unspecified atom stereocenters. The largest absolute Gasteiger partial charge is 0.444 e. The van der Waals surface area contributed by atoms with E-state index in [2.05, 4.69) is 10.3 Å². The summed E-state index contributed by atoms with van der Waals surface area (Å²) in [5.41, 5.74) is 0.0511. The Balaban J connectivity index is 2.66. The first kappa shape index (κ1) is 12.6. The fourth-order valence-electron chi connectivity index (χ4n) is 0.962. The summed E-state index contributed by atoms with van der Waals surface area (Å²) in [7, 11) is 0. The number of aryl methyl sites for hydroxylation is 1. The zero-order chi connectivity index (χ0) is 12.3. The lowest BCUT2D eigenvalue weighted by molar-refractivity contribution is 0.0636. The standard InChI is InChI=1S/C10H14N2O3S/c1-6-7(5-13)16-8(11-6)12-9(14)15-10(2,3)4/h5H,1-4H3,(H,11,12,14). The van der Waals surface area contributed by atoms with Gasteiger partial charge in [-0.2, -0.15) is 0 Å². The summed E-state index contributed by atoms with van der Waals surface area (Å²) >= 11 is 1.12. The van der Waals surface area contributed by atoms with Gasteiger partial charge in [-0.25, -0.2) is 9.78 Å². The number of amides is 1. The topological polar surface area (TPSA) is 68.3 Å². The van der Waals surface area contributed by atoms with Crippen LogP contribution in [0.2, 0.25) is 0 Å². The van der Waals surface area contributed by atoms with Crippen LogP contribution < -0.4 is 5.32 Å². The van der Waals surface area contributed by atoms with Crippen LogP contribution in [0.5, 0.6) is 0 Å². The molecule has 0 fully saturated rings. The Morgan fingerprint density at radius 3 is 2.56 bits per heavy atom. The molecule has 1 aromatic heterocycles. The second-order valence-electron chi connectivity index (χ2n) is 4.21. The first-order valence-corrected chi connectivity index (χ1v) is 5.56. The number of aldehydes is 1. The maximum absolute atomic E-state index is 11.4. The maximum Gasteiger partial charge on any atom is 0.413 e.